The SMILES string of the molecule is O=S(=O)(OS(=O)(=O)C(F)(F)C(F)(F)OCC(F)(F)F)C(F)(F)C(F)(F)OCC(F)(F)F. The number of alkyl halides is 14. The minimum absolute atomic E-state index is 1.95. The van der Waals surface area contributed by atoms with E-state index in [1.165, 1.54) is 0 Å². The maximum Gasteiger partial charge on any atom is 0.461 e. The van der Waals surface area contributed by atoms with Crippen molar-refractivity contribution in [2.24, 2.45) is 0 Å². The van der Waals surface area contributed by atoms with E-state index < -0.39 is 68.5 Å². The van der Waals surface area contributed by atoms with E-state index in [4.69, 9.17) is 0 Å². The van der Waals surface area contributed by atoms with Gasteiger partial charge in [-0.25, -0.2) is 0 Å². The highest BCUT2D eigenvalue weighted by Crippen LogP contribution is 2.46. The molecule has 23 heteroatoms. The van der Waals surface area contributed by atoms with Crippen molar-refractivity contribution in [2.75, 3.05) is 13.2 Å². The monoisotopic (exact) mass is 542 g/mol. The van der Waals surface area contributed by atoms with E-state index >= 15 is 0 Å². The van der Waals surface area contributed by atoms with Crippen LogP contribution >= 0.6 is 0 Å². The number of hydrogen-bond acceptors (Lipinski definition) is 7. The summed E-state index contributed by atoms with van der Waals surface area (Å²) in [6, 6.07) is 0. The van der Waals surface area contributed by atoms with Gasteiger partial charge in [-0.2, -0.15) is 78.3 Å². The molecule has 0 aromatic carbocycles. The van der Waals surface area contributed by atoms with Gasteiger partial charge < -0.3 is 9.47 Å². The predicted octanol–water partition coefficient (Wildman–Crippen LogP) is 3.19. The highest BCUT2D eigenvalue weighted by Gasteiger charge is 2.75. The van der Waals surface area contributed by atoms with Gasteiger partial charge >= 0.3 is 55.3 Å². The van der Waals surface area contributed by atoms with Crippen molar-refractivity contribution < 1.29 is 91.4 Å². The minimum Gasteiger partial charge on any atom is -0.305 e. The molecule has 7 nitrogen and oxygen atoms in total. The molecule has 0 aliphatic carbocycles. The smallest absolute Gasteiger partial charge is 0.305 e. The quantitative estimate of drug-likeness (QED) is 0.392. The second-order valence-electron chi connectivity index (χ2n) is 4.85. The van der Waals surface area contributed by atoms with Gasteiger partial charge in [-0.15, -0.1) is 3.63 Å². The number of halogens is 14. The zero-order chi connectivity index (χ0) is 25.5. The third-order valence-corrected chi connectivity index (χ3v) is 5.48. The van der Waals surface area contributed by atoms with Gasteiger partial charge in [0, 0.05) is 0 Å². The molecule has 0 unspecified atom stereocenters. The Morgan fingerprint density at radius 3 is 0.903 bits per heavy atom. The molecule has 0 heterocycles. The average molecular weight is 542 g/mol. The Labute approximate surface area is 161 Å². The lowest BCUT2D eigenvalue weighted by Crippen LogP contribution is -2.54. The van der Waals surface area contributed by atoms with Crippen LogP contribution in [-0.2, 0) is 33.3 Å². The first kappa shape index (κ1) is 29.8. The molecular formula is C8H4F14O7S2. The van der Waals surface area contributed by atoms with Gasteiger partial charge in [-0.3, -0.25) is 0 Å². The molecule has 0 amide bonds. The molecule has 188 valence electrons. The summed E-state index contributed by atoms with van der Waals surface area (Å²) in [4.78, 5) is 0. The van der Waals surface area contributed by atoms with Crippen molar-refractivity contribution in [3.8, 4) is 0 Å². The van der Waals surface area contributed by atoms with E-state index in [0.717, 1.165) is 0 Å². The fraction of sp³-hybridized carbons (Fsp3) is 1.00. The largest absolute Gasteiger partial charge is 0.461 e. The Morgan fingerprint density at radius 1 is 0.484 bits per heavy atom. The Morgan fingerprint density at radius 2 is 0.710 bits per heavy atom. The highest BCUT2D eigenvalue weighted by atomic mass is 32.3. The van der Waals surface area contributed by atoms with Crippen LogP contribution in [0, 0.1) is 0 Å². The molecule has 31 heavy (non-hydrogen) atoms. The van der Waals surface area contributed by atoms with Crippen LogP contribution in [0.3, 0.4) is 0 Å². The van der Waals surface area contributed by atoms with Crippen LogP contribution in [0.4, 0.5) is 61.5 Å². The maximum atomic E-state index is 13.2. The van der Waals surface area contributed by atoms with Crippen LogP contribution in [0.2, 0.25) is 0 Å². The van der Waals surface area contributed by atoms with E-state index in [2.05, 4.69) is 9.47 Å². The molecule has 0 aliphatic rings. The Bertz CT molecular complexity index is 771. The van der Waals surface area contributed by atoms with Crippen molar-refractivity contribution in [2.45, 2.75) is 35.1 Å². The first-order chi connectivity index (χ1) is 13.1. The van der Waals surface area contributed by atoms with E-state index in [1.54, 1.807) is 0 Å². The molecule has 0 aliphatic heterocycles. The normalized spacial score (nSPS) is 15.9. The van der Waals surface area contributed by atoms with Crippen LogP contribution in [0.15, 0.2) is 0 Å². The molecular weight excluding hydrogens is 538 g/mol. The van der Waals surface area contributed by atoms with Crippen LogP contribution < -0.4 is 0 Å². The molecule has 0 rings (SSSR count). The molecule has 0 bridgehead atoms. The predicted molar refractivity (Wildman–Crippen MR) is 62.7 cm³/mol. The second kappa shape index (κ2) is 8.30. The molecule has 0 saturated carbocycles. The van der Waals surface area contributed by atoms with E-state index in [-0.39, 0.29) is 0 Å². The Hall–Kier alpha value is -1.20. The van der Waals surface area contributed by atoms with E-state index in [0.29, 0.717) is 0 Å². The third-order valence-electron chi connectivity index (χ3n) is 2.32. The summed E-state index contributed by atoms with van der Waals surface area (Å²) in [6.45, 7) is -6.62. The fourth-order valence-electron chi connectivity index (χ4n) is 1.01. The first-order valence-electron chi connectivity index (χ1n) is 6.25. The van der Waals surface area contributed by atoms with Crippen molar-refractivity contribution in [3.05, 3.63) is 0 Å². The fourth-order valence-corrected chi connectivity index (χ4v) is 3.33. The molecule has 0 atom stereocenters. The van der Waals surface area contributed by atoms with E-state index in [1.807, 2.05) is 3.63 Å². The summed E-state index contributed by atoms with van der Waals surface area (Å²) >= 11 is 0. The van der Waals surface area contributed by atoms with Crippen LogP contribution in [-0.4, -0.2) is 65.1 Å². The standard InChI is InChI=1S/C8H4F14O7S2/c9-3(10,11)1-27-5(15,16)7(19,20)30(23,24)29-31(25,26)8(21,22)6(17,18)28-2-4(12,13)14/h1-2H2. The highest BCUT2D eigenvalue weighted by molar-refractivity contribution is 8.00. The van der Waals surface area contributed by atoms with Crippen LogP contribution in [0.25, 0.3) is 0 Å². The molecule has 0 N–H and O–H groups in total. The second-order valence-corrected chi connectivity index (χ2v) is 8.24. The maximum absolute atomic E-state index is 13.2. The molecule has 0 saturated heterocycles. The molecule has 0 radical (unpaired) electrons. The van der Waals surface area contributed by atoms with Crippen molar-refractivity contribution in [3.63, 3.8) is 0 Å². The van der Waals surface area contributed by atoms with Gasteiger partial charge in [0.2, 0.25) is 0 Å². The van der Waals surface area contributed by atoms with Gasteiger partial charge in [0.05, 0.1) is 0 Å². The third kappa shape index (κ3) is 6.89. The number of ether oxygens (including phenoxy) is 2. The molecule has 0 aromatic rings. The summed E-state index contributed by atoms with van der Waals surface area (Å²) < 4.78 is 225. The topological polar surface area (TPSA) is 96.0 Å². The lowest BCUT2D eigenvalue weighted by Gasteiger charge is -2.28. The molecule has 0 aromatic heterocycles. The van der Waals surface area contributed by atoms with Gasteiger partial charge in [0.15, 0.2) is 0 Å². The number of hydrogen-bond donors (Lipinski definition) is 0. The average Bonchev–Trinajstić information content (AvgIpc) is 2.48. The van der Waals surface area contributed by atoms with Crippen LogP contribution in [0.1, 0.15) is 0 Å². The first-order valence-corrected chi connectivity index (χ1v) is 9.06. The summed E-state index contributed by atoms with van der Waals surface area (Å²) in [5.41, 5.74) is 0. The minimum atomic E-state index is -8.08. The summed E-state index contributed by atoms with van der Waals surface area (Å²) in [5, 5.41) is -14.5. The number of rotatable bonds is 10. The van der Waals surface area contributed by atoms with Crippen molar-refractivity contribution in [1.29, 1.82) is 0 Å². The van der Waals surface area contributed by atoms with Gasteiger partial charge in [-0.05, 0) is 0 Å². The zero-order valence-corrected chi connectivity index (χ0v) is 15.0. The molecule has 0 spiro atoms. The van der Waals surface area contributed by atoms with Gasteiger partial charge in [0.1, 0.15) is 13.2 Å². The summed E-state index contributed by atoms with van der Waals surface area (Å²) in [6.07, 6.45) is -25.3. The Balaban J connectivity index is 5.96. The Kier molecular flexibility index (Phi) is 7.97. The summed E-state index contributed by atoms with van der Waals surface area (Å²) in [5.74, 6) is 0. The zero-order valence-electron chi connectivity index (χ0n) is 13.4. The van der Waals surface area contributed by atoms with Gasteiger partial charge in [-0.1, -0.05) is 0 Å². The molecule has 0 fully saturated rings. The van der Waals surface area contributed by atoms with Crippen molar-refractivity contribution >= 4 is 20.2 Å². The van der Waals surface area contributed by atoms with Crippen molar-refractivity contribution in [1.82, 2.24) is 0 Å². The van der Waals surface area contributed by atoms with E-state index in [9.17, 15) is 78.3 Å². The summed E-state index contributed by atoms with van der Waals surface area (Å²) in [7, 11) is -16.2. The van der Waals surface area contributed by atoms with Crippen LogP contribution in [0.5, 0.6) is 0 Å². The van der Waals surface area contributed by atoms with Gasteiger partial charge in [0.25, 0.3) is 0 Å². The lowest BCUT2D eigenvalue weighted by atomic mass is 10.6. The lowest BCUT2D eigenvalue weighted by molar-refractivity contribution is -0.345.